The standard InChI is InChI=1S/C15H14BrCl2NO2S2/c16-12-4-1-2-7-15(12)23(20,21)19-8-9-22-10-11-13(17)5-3-6-14(11)18/h1-7,19H,8-10H2. The van der Waals surface area contributed by atoms with E-state index in [0.717, 1.165) is 5.56 Å². The molecule has 0 amide bonds. The Morgan fingerprint density at radius 3 is 2.35 bits per heavy atom. The van der Waals surface area contributed by atoms with E-state index in [4.69, 9.17) is 23.2 Å². The molecule has 0 spiro atoms. The molecule has 0 bridgehead atoms. The second kappa shape index (κ2) is 8.74. The van der Waals surface area contributed by atoms with Crippen LogP contribution in [-0.2, 0) is 15.8 Å². The van der Waals surface area contributed by atoms with E-state index in [9.17, 15) is 8.42 Å². The number of hydrogen-bond donors (Lipinski definition) is 1. The highest BCUT2D eigenvalue weighted by molar-refractivity contribution is 9.10. The lowest BCUT2D eigenvalue weighted by Crippen LogP contribution is -2.26. The summed E-state index contributed by atoms with van der Waals surface area (Å²) in [7, 11) is -3.51. The molecule has 3 nitrogen and oxygen atoms in total. The molecular formula is C15H14BrCl2NO2S2. The van der Waals surface area contributed by atoms with Crippen molar-refractivity contribution in [1.82, 2.24) is 4.72 Å². The quantitative estimate of drug-likeness (QED) is 0.600. The maximum absolute atomic E-state index is 12.2. The normalized spacial score (nSPS) is 11.6. The van der Waals surface area contributed by atoms with Gasteiger partial charge in [-0.25, -0.2) is 13.1 Å². The van der Waals surface area contributed by atoms with E-state index < -0.39 is 10.0 Å². The zero-order valence-electron chi connectivity index (χ0n) is 11.9. The van der Waals surface area contributed by atoms with Crippen molar-refractivity contribution in [3.63, 3.8) is 0 Å². The Balaban J connectivity index is 1.85. The zero-order valence-corrected chi connectivity index (χ0v) is 16.7. The highest BCUT2D eigenvalue weighted by Gasteiger charge is 2.16. The first kappa shape index (κ1) is 19.1. The largest absolute Gasteiger partial charge is 0.241 e. The minimum atomic E-state index is -3.51. The topological polar surface area (TPSA) is 46.2 Å². The van der Waals surface area contributed by atoms with Crippen molar-refractivity contribution in [1.29, 1.82) is 0 Å². The van der Waals surface area contributed by atoms with E-state index in [1.807, 2.05) is 0 Å². The summed E-state index contributed by atoms with van der Waals surface area (Å²) in [5.74, 6) is 1.25. The number of nitrogens with one attached hydrogen (secondary N) is 1. The van der Waals surface area contributed by atoms with Gasteiger partial charge >= 0.3 is 0 Å². The molecule has 1 N–H and O–H groups in total. The Labute approximate surface area is 158 Å². The monoisotopic (exact) mass is 453 g/mol. The van der Waals surface area contributed by atoms with Gasteiger partial charge in [0.2, 0.25) is 10.0 Å². The third-order valence-corrected chi connectivity index (χ3v) is 7.14. The zero-order chi connectivity index (χ0) is 16.9. The molecule has 0 aliphatic carbocycles. The van der Waals surface area contributed by atoms with Crippen LogP contribution in [0.15, 0.2) is 51.8 Å². The molecule has 0 unspecified atom stereocenters. The average molecular weight is 455 g/mol. The summed E-state index contributed by atoms with van der Waals surface area (Å²) in [6.07, 6.45) is 0. The van der Waals surface area contributed by atoms with Crippen molar-refractivity contribution >= 4 is 60.9 Å². The summed E-state index contributed by atoms with van der Waals surface area (Å²) in [6.45, 7) is 0.330. The second-order valence-corrected chi connectivity index (χ2v) is 9.09. The second-order valence-electron chi connectivity index (χ2n) is 4.58. The first-order chi connectivity index (χ1) is 10.9. The summed E-state index contributed by atoms with van der Waals surface area (Å²) in [4.78, 5) is 0.235. The molecule has 0 radical (unpaired) electrons. The Morgan fingerprint density at radius 1 is 1.04 bits per heavy atom. The van der Waals surface area contributed by atoms with Gasteiger partial charge in [-0.05, 0) is 45.8 Å². The summed E-state index contributed by atoms with van der Waals surface area (Å²) in [5, 5.41) is 1.25. The SMILES string of the molecule is O=S(=O)(NCCSCc1c(Cl)cccc1Cl)c1ccccc1Br. The minimum absolute atomic E-state index is 0.235. The maximum Gasteiger partial charge on any atom is 0.241 e. The fourth-order valence-corrected chi connectivity index (χ4v) is 5.59. The molecule has 124 valence electrons. The van der Waals surface area contributed by atoms with Crippen molar-refractivity contribution in [2.75, 3.05) is 12.3 Å². The van der Waals surface area contributed by atoms with Crippen LogP contribution >= 0.6 is 50.9 Å². The smallest absolute Gasteiger partial charge is 0.210 e. The van der Waals surface area contributed by atoms with Gasteiger partial charge < -0.3 is 0 Å². The van der Waals surface area contributed by atoms with E-state index in [1.165, 1.54) is 0 Å². The Bertz CT molecular complexity index is 765. The first-order valence-electron chi connectivity index (χ1n) is 6.66. The van der Waals surface area contributed by atoms with Gasteiger partial charge in [-0.1, -0.05) is 41.4 Å². The van der Waals surface area contributed by atoms with E-state index in [0.29, 0.717) is 32.6 Å². The lowest BCUT2D eigenvalue weighted by molar-refractivity contribution is 0.583. The van der Waals surface area contributed by atoms with Gasteiger partial charge in [0.15, 0.2) is 0 Å². The molecule has 0 aliphatic rings. The van der Waals surface area contributed by atoms with Gasteiger partial charge in [0.05, 0.1) is 4.90 Å². The maximum atomic E-state index is 12.2. The molecule has 23 heavy (non-hydrogen) atoms. The third-order valence-electron chi connectivity index (χ3n) is 2.97. The summed E-state index contributed by atoms with van der Waals surface area (Å²) in [5.41, 5.74) is 0.870. The predicted octanol–water partition coefficient (Wildman–Crippen LogP) is 4.97. The molecule has 0 heterocycles. The first-order valence-corrected chi connectivity index (χ1v) is 10.9. The van der Waals surface area contributed by atoms with Crippen molar-refractivity contribution in [3.8, 4) is 0 Å². The van der Waals surface area contributed by atoms with Crippen LogP contribution in [0.3, 0.4) is 0 Å². The van der Waals surface area contributed by atoms with Gasteiger partial charge in [0, 0.05) is 32.6 Å². The minimum Gasteiger partial charge on any atom is -0.210 e. The predicted molar refractivity (Wildman–Crippen MR) is 102 cm³/mol. The summed E-state index contributed by atoms with van der Waals surface area (Å²) in [6, 6.07) is 12.1. The van der Waals surface area contributed by atoms with Crippen LogP contribution in [0.2, 0.25) is 10.0 Å². The highest BCUT2D eigenvalue weighted by atomic mass is 79.9. The molecule has 2 rings (SSSR count). The fourth-order valence-electron chi connectivity index (χ4n) is 1.83. The number of sulfonamides is 1. The number of thioether (sulfide) groups is 1. The Kier molecular flexibility index (Phi) is 7.25. The van der Waals surface area contributed by atoms with Crippen molar-refractivity contribution in [2.24, 2.45) is 0 Å². The Hall–Kier alpha value is -0.240. The van der Waals surface area contributed by atoms with Crippen LogP contribution in [0.4, 0.5) is 0 Å². The molecule has 0 aromatic heterocycles. The van der Waals surface area contributed by atoms with E-state index in [-0.39, 0.29) is 4.90 Å². The molecule has 0 fully saturated rings. The molecular weight excluding hydrogens is 441 g/mol. The van der Waals surface area contributed by atoms with E-state index >= 15 is 0 Å². The van der Waals surface area contributed by atoms with Gasteiger partial charge in [-0.2, -0.15) is 11.8 Å². The Morgan fingerprint density at radius 2 is 1.70 bits per heavy atom. The van der Waals surface area contributed by atoms with Gasteiger partial charge in [-0.3, -0.25) is 0 Å². The van der Waals surface area contributed by atoms with Gasteiger partial charge in [-0.15, -0.1) is 0 Å². The van der Waals surface area contributed by atoms with Crippen LogP contribution < -0.4 is 4.72 Å². The fraction of sp³-hybridized carbons (Fsp3) is 0.200. The number of halogens is 3. The highest BCUT2D eigenvalue weighted by Crippen LogP contribution is 2.28. The number of hydrogen-bond acceptors (Lipinski definition) is 3. The van der Waals surface area contributed by atoms with Crippen LogP contribution in [0, 0.1) is 0 Å². The van der Waals surface area contributed by atoms with Gasteiger partial charge in [0.25, 0.3) is 0 Å². The van der Waals surface area contributed by atoms with E-state index in [2.05, 4.69) is 20.7 Å². The third kappa shape index (κ3) is 5.37. The molecule has 0 atom stereocenters. The average Bonchev–Trinajstić information content (AvgIpc) is 2.49. The van der Waals surface area contributed by atoms with Crippen molar-refractivity contribution in [2.45, 2.75) is 10.6 Å². The molecule has 8 heteroatoms. The summed E-state index contributed by atoms with van der Waals surface area (Å²) >= 11 is 17.0. The molecule has 0 saturated carbocycles. The lowest BCUT2D eigenvalue weighted by Gasteiger charge is -2.09. The lowest BCUT2D eigenvalue weighted by atomic mass is 10.2. The summed E-state index contributed by atoms with van der Waals surface area (Å²) < 4.78 is 27.5. The van der Waals surface area contributed by atoms with E-state index in [1.54, 1.807) is 54.2 Å². The van der Waals surface area contributed by atoms with Gasteiger partial charge in [0.1, 0.15) is 0 Å². The van der Waals surface area contributed by atoms with Crippen LogP contribution in [0.5, 0.6) is 0 Å². The van der Waals surface area contributed by atoms with Crippen molar-refractivity contribution < 1.29 is 8.42 Å². The van der Waals surface area contributed by atoms with Crippen molar-refractivity contribution in [3.05, 3.63) is 62.5 Å². The molecule has 0 aliphatic heterocycles. The molecule has 2 aromatic carbocycles. The van der Waals surface area contributed by atoms with Crippen LogP contribution in [-0.4, -0.2) is 20.7 Å². The molecule has 0 saturated heterocycles. The van der Waals surface area contributed by atoms with Crippen LogP contribution in [0.1, 0.15) is 5.56 Å². The number of rotatable bonds is 7. The number of benzene rings is 2. The molecule has 2 aromatic rings. The van der Waals surface area contributed by atoms with Crippen LogP contribution in [0.25, 0.3) is 0 Å².